The summed E-state index contributed by atoms with van der Waals surface area (Å²) >= 11 is 0. The first kappa shape index (κ1) is 15.5. The second kappa shape index (κ2) is 5.48. The molecule has 1 saturated carbocycles. The molecule has 0 N–H and O–H groups in total. The lowest BCUT2D eigenvalue weighted by Gasteiger charge is -2.25. The summed E-state index contributed by atoms with van der Waals surface area (Å²) in [5.74, 6) is 0.514. The minimum absolute atomic E-state index is 0.395. The van der Waals surface area contributed by atoms with Crippen molar-refractivity contribution in [3.63, 3.8) is 0 Å². The smallest absolute Gasteiger partial charge is 0.0483 e. The number of nitrogens with zero attached hydrogens (tertiary/aromatic N) is 1. The monoisotopic (exact) mass is 351 g/mol. The van der Waals surface area contributed by atoms with Crippen LogP contribution in [-0.2, 0) is 12.5 Å². The van der Waals surface area contributed by atoms with Crippen LogP contribution in [0, 0.1) is 0 Å². The van der Waals surface area contributed by atoms with Crippen molar-refractivity contribution in [3.05, 3.63) is 83.6 Å². The second-order valence-electron chi connectivity index (χ2n) is 8.69. The highest BCUT2D eigenvalue weighted by molar-refractivity contribution is 5.89. The van der Waals surface area contributed by atoms with E-state index in [0.29, 0.717) is 11.3 Å². The highest BCUT2D eigenvalue weighted by atomic mass is 15.0. The summed E-state index contributed by atoms with van der Waals surface area (Å²) in [5.41, 5.74) is 6.54. The van der Waals surface area contributed by atoms with Gasteiger partial charge in [0.25, 0.3) is 0 Å². The average Bonchev–Trinajstić information content (AvgIpc) is 3.39. The Bertz CT molecular complexity index is 1170. The Balaban J connectivity index is 1.62. The predicted octanol–water partition coefficient (Wildman–Crippen LogP) is 6.68. The first-order valence-electron chi connectivity index (χ1n) is 10.3. The topological polar surface area (TPSA) is 4.93 Å². The predicted molar refractivity (Wildman–Crippen MR) is 113 cm³/mol. The van der Waals surface area contributed by atoms with Gasteiger partial charge in [-0.1, -0.05) is 73.5 Å². The summed E-state index contributed by atoms with van der Waals surface area (Å²) in [4.78, 5) is 0. The molecule has 1 spiro atoms. The molecule has 1 heteroatoms. The number of para-hydroxylation sites is 1. The molecule has 1 nitrogen and oxygen atoms in total. The number of hydrogen-bond acceptors (Lipinski definition) is 0. The SMILES string of the molecule is Cn1c2c(c3ccccc31)C1(CCCC1)CC2c1ccc2ccccc2c1. The molecule has 134 valence electrons. The molecule has 0 saturated heterocycles. The Labute approximate surface area is 160 Å². The number of aromatic nitrogens is 1. The first-order valence-corrected chi connectivity index (χ1v) is 10.3. The number of fused-ring (bicyclic) bond motifs is 5. The molecule has 1 heterocycles. The summed E-state index contributed by atoms with van der Waals surface area (Å²) in [6.07, 6.45) is 6.77. The number of rotatable bonds is 1. The third kappa shape index (κ3) is 2.06. The molecule has 27 heavy (non-hydrogen) atoms. The molecule has 2 aliphatic rings. The molecular weight excluding hydrogens is 326 g/mol. The summed E-state index contributed by atoms with van der Waals surface area (Å²) in [5, 5.41) is 4.20. The normalized spacial score (nSPS) is 20.7. The van der Waals surface area contributed by atoms with E-state index in [1.54, 1.807) is 11.3 Å². The van der Waals surface area contributed by atoms with Crippen LogP contribution in [0.3, 0.4) is 0 Å². The van der Waals surface area contributed by atoms with Gasteiger partial charge < -0.3 is 4.57 Å². The highest BCUT2D eigenvalue weighted by Gasteiger charge is 2.48. The van der Waals surface area contributed by atoms with Gasteiger partial charge in [-0.15, -0.1) is 0 Å². The lowest BCUT2D eigenvalue weighted by Crippen LogP contribution is -2.18. The van der Waals surface area contributed by atoms with Crippen molar-refractivity contribution in [2.75, 3.05) is 0 Å². The van der Waals surface area contributed by atoms with E-state index >= 15 is 0 Å². The Morgan fingerprint density at radius 1 is 0.852 bits per heavy atom. The van der Waals surface area contributed by atoms with E-state index in [1.807, 2.05) is 0 Å². The molecule has 1 aromatic heterocycles. The van der Waals surface area contributed by atoms with Crippen molar-refractivity contribution in [2.45, 2.75) is 43.4 Å². The van der Waals surface area contributed by atoms with E-state index in [0.717, 1.165) is 0 Å². The maximum Gasteiger partial charge on any atom is 0.0483 e. The van der Waals surface area contributed by atoms with Gasteiger partial charge in [0.05, 0.1) is 0 Å². The van der Waals surface area contributed by atoms with E-state index in [2.05, 4.69) is 78.3 Å². The van der Waals surface area contributed by atoms with Crippen molar-refractivity contribution >= 4 is 21.7 Å². The fourth-order valence-electron chi connectivity index (χ4n) is 6.17. The minimum Gasteiger partial charge on any atom is -0.347 e. The fourth-order valence-corrected chi connectivity index (χ4v) is 6.17. The summed E-state index contributed by atoms with van der Waals surface area (Å²) in [6.45, 7) is 0. The van der Waals surface area contributed by atoms with Gasteiger partial charge in [0.15, 0.2) is 0 Å². The fraction of sp³-hybridized carbons (Fsp3) is 0.308. The summed E-state index contributed by atoms with van der Waals surface area (Å²) in [6, 6.07) is 24.9. The van der Waals surface area contributed by atoms with Gasteiger partial charge in [-0.25, -0.2) is 0 Å². The van der Waals surface area contributed by atoms with Crippen LogP contribution in [0.25, 0.3) is 21.7 Å². The number of aryl methyl sites for hydroxylation is 1. The maximum atomic E-state index is 2.50. The first-order chi connectivity index (χ1) is 13.3. The van der Waals surface area contributed by atoms with Crippen LogP contribution in [-0.4, -0.2) is 4.57 Å². The van der Waals surface area contributed by atoms with Gasteiger partial charge in [0.2, 0.25) is 0 Å². The molecule has 0 bridgehead atoms. The van der Waals surface area contributed by atoms with E-state index in [1.165, 1.54) is 59.3 Å². The summed E-state index contributed by atoms with van der Waals surface area (Å²) < 4.78 is 2.50. The van der Waals surface area contributed by atoms with E-state index in [-0.39, 0.29) is 0 Å². The van der Waals surface area contributed by atoms with Crippen LogP contribution >= 0.6 is 0 Å². The van der Waals surface area contributed by atoms with E-state index in [4.69, 9.17) is 0 Å². The molecule has 1 unspecified atom stereocenters. The van der Waals surface area contributed by atoms with Crippen LogP contribution in [0.2, 0.25) is 0 Å². The van der Waals surface area contributed by atoms with Crippen molar-refractivity contribution in [1.29, 1.82) is 0 Å². The highest BCUT2D eigenvalue weighted by Crippen LogP contribution is 2.59. The van der Waals surface area contributed by atoms with Crippen LogP contribution in [0.5, 0.6) is 0 Å². The second-order valence-corrected chi connectivity index (χ2v) is 8.69. The van der Waals surface area contributed by atoms with Gasteiger partial charge in [0, 0.05) is 29.6 Å². The van der Waals surface area contributed by atoms with Crippen LogP contribution < -0.4 is 0 Å². The van der Waals surface area contributed by atoms with Crippen molar-refractivity contribution in [3.8, 4) is 0 Å². The lowest BCUT2D eigenvalue weighted by atomic mass is 9.78. The Morgan fingerprint density at radius 2 is 1.59 bits per heavy atom. The van der Waals surface area contributed by atoms with E-state index < -0.39 is 0 Å². The molecule has 0 radical (unpaired) electrons. The third-order valence-electron chi connectivity index (χ3n) is 7.34. The largest absolute Gasteiger partial charge is 0.347 e. The standard InChI is InChI=1S/C26H25N/c1-27-23-11-5-4-10-21(23)24-25(27)22(17-26(24)14-6-7-15-26)20-13-12-18-8-2-3-9-19(18)16-20/h2-5,8-13,16,22H,6-7,14-15,17H2,1H3. The molecule has 0 aliphatic heterocycles. The van der Waals surface area contributed by atoms with Gasteiger partial charge in [-0.2, -0.15) is 0 Å². The van der Waals surface area contributed by atoms with Gasteiger partial charge >= 0.3 is 0 Å². The Kier molecular flexibility index (Phi) is 3.15. The minimum atomic E-state index is 0.395. The molecule has 0 amide bonds. The van der Waals surface area contributed by atoms with Crippen molar-refractivity contribution in [1.82, 2.24) is 4.57 Å². The molecular formula is C26H25N. The zero-order chi connectivity index (χ0) is 18.0. The van der Waals surface area contributed by atoms with Crippen LogP contribution in [0.15, 0.2) is 66.7 Å². The van der Waals surface area contributed by atoms with Crippen molar-refractivity contribution < 1.29 is 0 Å². The Hall–Kier alpha value is -2.54. The van der Waals surface area contributed by atoms with Crippen LogP contribution in [0.1, 0.15) is 54.8 Å². The summed E-state index contributed by atoms with van der Waals surface area (Å²) in [7, 11) is 2.28. The average molecular weight is 351 g/mol. The number of hydrogen-bond donors (Lipinski definition) is 0. The molecule has 1 fully saturated rings. The Morgan fingerprint density at radius 3 is 2.44 bits per heavy atom. The van der Waals surface area contributed by atoms with Crippen LogP contribution in [0.4, 0.5) is 0 Å². The van der Waals surface area contributed by atoms with Gasteiger partial charge in [-0.05, 0) is 52.6 Å². The lowest BCUT2D eigenvalue weighted by molar-refractivity contribution is 0.425. The quantitative estimate of drug-likeness (QED) is 0.360. The maximum absolute atomic E-state index is 2.50. The molecule has 4 aromatic rings. The molecule has 6 rings (SSSR count). The van der Waals surface area contributed by atoms with Gasteiger partial charge in [0.1, 0.15) is 0 Å². The molecule has 3 aromatic carbocycles. The van der Waals surface area contributed by atoms with Crippen molar-refractivity contribution in [2.24, 2.45) is 7.05 Å². The van der Waals surface area contributed by atoms with E-state index in [9.17, 15) is 0 Å². The number of benzene rings is 3. The molecule has 2 aliphatic carbocycles. The zero-order valence-corrected chi connectivity index (χ0v) is 15.9. The third-order valence-corrected chi connectivity index (χ3v) is 7.34. The van der Waals surface area contributed by atoms with Gasteiger partial charge in [-0.3, -0.25) is 0 Å². The zero-order valence-electron chi connectivity index (χ0n) is 15.9. The molecule has 1 atom stereocenters.